The average Bonchev–Trinajstić information content (AvgIpc) is 0.789. The Bertz CT molecular complexity index is 4400. The highest BCUT2D eigenvalue weighted by molar-refractivity contribution is 5.95. The Kier molecular flexibility index (Phi) is 23.9. The highest BCUT2D eigenvalue weighted by Gasteiger charge is 2.31. The first kappa shape index (κ1) is 71.0. The van der Waals surface area contributed by atoms with Crippen LogP contribution >= 0.6 is 0 Å². The fourth-order valence-corrected chi connectivity index (χ4v) is 12.5. The molecule has 0 bridgehead atoms. The number of amides is 3. The summed E-state index contributed by atoms with van der Waals surface area (Å²) in [6.45, 7) is 12.4. The van der Waals surface area contributed by atoms with E-state index in [0.29, 0.717) is 85.6 Å². The van der Waals surface area contributed by atoms with Crippen molar-refractivity contribution in [3.63, 3.8) is 0 Å². The van der Waals surface area contributed by atoms with Gasteiger partial charge in [-0.25, -0.2) is 15.0 Å². The predicted molar refractivity (Wildman–Crippen MR) is 386 cm³/mol. The van der Waals surface area contributed by atoms with Crippen molar-refractivity contribution in [2.45, 2.75) is 124 Å². The molecule has 4 aliphatic rings. The molecule has 0 aliphatic carbocycles. The summed E-state index contributed by atoms with van der Waals surface area (Å²) in [7, 11) is 6.27. The number of phenols is 1. The van der Waals surface area contributed by atoms with Crippen LogP contribution in [0.25, 0.3) is 0 Å². The molecule has 4 aliphatic heterocycles. The predicted octanol–water partition coefficient (Wildman–Crippen LogP) is 13.6. The lowest BCUT2D eigenvalue weighted by Gasteiger charge is -2.35. The second kappa shape index (κ2) is 34.0. The molecule has 0 saturated heterocycles. The quantitative estimate of drug-likeness (QED) is 0.0921. The van der Waals surface area contributed by atoms with Gasteiger partial charge >= 0.3 is 0 Å². The standard InChI is InChI=1S/C24H25N3O4.C24H24N2O3.C17H18N2O3.C17H19NO/c1-16-10-17-4-7-21(31-15-20-6-8-22(29-2)13-25-20)11-19(17)14-27(16)24(28)18-5-9-23(30-3)26-12-18;1-17-12-19-8-10-22(29-16-18-6-4-3-5-7-18)13-21(19)15-26(17)24(27)20-9-11-23(28-2)25-14-20;1-11-7-12-3-5-15(20)8-14(12)10-19(11)17(21)13-4-6-16(22-2)18-9-13;1-13-9-15-7-8-17(10-16(15)11-18-13)19-12-14-5-3-2-4-6-14/h4-9,11-13,16H,10,14-15H2,1-3H3;3-11,13-14,17H,12,15-16H2,1-2H3;3-6,8-9,11,20H,7,10H2,1-2H3;2-8,10,13,18H,9,11-12H2,1H3. The van der Waals surface area contributed by atoms with Gasteiger partial charge in [0, 0.05) is 87.1 Å². The van der Waals surface area contributed by atoms with Crippen LogP contribution in [0, 0.1) is 0 Å². The smallest absolute Gasteiger partial charge is 0.255 e. The third kappa shape index (κ3) is 18.7. The minimum atomic E-state index is -0.0587. The van der Waals surface area contributed by atoms with Crippen LogP contribution in [0.15, 0.2) is 207 Å². The summed E-state index contributed by atoms with van der Waals surface area (Å²) in [5.74, 6) is 4.82. The summed E-state index contributed by atoms with van der Waals surface area (Å²) in [5.41, 5.74) is 14.5. The lowest BCUT2D eigenvalue weighted by Crippen LogP contribution is -2.42. The number of fused-ring (bicyclic) bond motifs is 4. The molecule has 0 saturated carbocycles. The molecule has 8 heterocycles. The number of hydrogen-bond acceptors (Lipinski definition) is 16. The molecule has 0 fully saturated rings. The second-order valence-corrected chi connectivity index (χ2v) is 25.5. The third-order valence-corrected chi connectivity index (χ3v) is 18.3. The minimum Gasteiger partial charge on any atom is -0.508 e. The van der Waals surface area contributed by atoms with Crippen LogP contribution < -0.4 is 38.5 Å². The Morgan fingerprint density at radius 2 is 0.782 bits per heavy atom. The van der Waals surface area contributed by atoms with Gasteiger partial charge in [0.25, 0.3) is 17.7 Å². The zero-order valence-electron chi connectivity index (χ0n) is 58.4. The Hall–Kier alpha value is -11.3. The highest BCUT2D eigenvalue weighted by Crippen LogP contribution is 2.33. The molecular weight excluding hydrogens is 1270 g/mol. The van der Waals surface area contributed by atoms with Crippen molar-refractivity contribution < 1.29 is 52.6 Å². The molecule has 19 nitrogen and oxygen atoms in total. The van der Waals surface area contributed by atoms with E-state index in [4.69, 9.17) is 33.2 Å². The molecule has 10 aromatic rings. The average molecular weight is 1360 g/mol. The van der Waals surface area contributed by atoms with E-state index in [9.17, 15) is 19.5 Å². The van der Waals surface area contributed by atoms with Crippen LogP contribution in [0.2, 0.25) is 0 Å². The molecule has 14 rings (SSSR count). The maximum atomic E-state index is 13.1. The number of carbonyl (C=O) groups is 3. The van der Waals surface area contributed by atoms with Crippen molar-refractivity contribution >= 4 is 17.7 Å². The van der Waals surface area contributed by atoms with Crippen LogP contribution in [0.3, 0.4) is 0 Å². The van der Waals surface area contributed by atoms with Gasteiger partial charge in [-0.05, 0) is 188 Å². The summed E-state index contributed by atoms with van der Waals surface area (Å²) in [5, 5.41) is 13.1. The molecule has 4 atom stereocenters. The van der Waals surface area contributed by atoms with Crippen molar-refractivity contribution in [2.75, 3.05) is 28.4 Å². The summed E-state index contributed by atoms with van der Waals surface area (Å²) < 4.78 is 38.1. The van der Waals surface area contributed by atoms with Crippen LogP contribution in [-0.4, -0.2) is 110 Å². The van der Waals surface area contributed by atoms with Gasteiger partial charge in [0.15, 0.2) is 0 Å². The molecule has 101 heavy (non-hydrogen) atoms. The Morgan fingerprint density at radius 1 is 0.396 bits per heavy atom. The fourth-order valence-electron chi connectivity index (χ4n) is 12.5. The van der Waals surface area contributed by atoms with Gasteiger partial charge in [-0.1, -0.05) is 84.9 Å². The van der Waals surface area contributed by atoms with Gasteiger partial charge in [-0.15, -0.1) is 0 Å². The van der Waals surface area contributed by atoms with Crippen molar-refractivity contribution in [3.8, 4) is 46.4 Å². The first-order valence-electron chi connectivity index (χ1n) is 33.9. The van der Waals surface area contributed by atoms with Crippen LogP contribution in [-0.2, 0) is 71.7 Å². The van der Waals surface area contributed by atoms with E-state index in [1.165, 1.54) is 39.6 Å². The van der Waals surface area contributed by atoms with Gasteiger partial charge in [-0.3, -0.25) is 19.4 Å². The number of pyridine rings is 4. The lowest BCUT2D eigenvalue weighted by molar-refractivity contribution is 0.0649. The van der Waals surface area contributed by atoms with Gasteiger partial charge in [-0.2, -0.15) is 0 Å². The van der Waals surface area contributed by atoms with E-state index >= 15 is 0 Å². The molecule has 4 unspecified atom stereocenters. The number of benzene rings is 6. The largest absolute Gasteiger partial charge is 0.508 e. The molecule has 520 valence electrons. The fraction of sp³-hybridized carbons (Fsp3) is 0.280. The molecule has 0 radical (unpaired) electrons. The van der Waals surface area contributed by atoms with E-state index in [-0.39, 0.29) is 41.6 Å². The van der Waals surface area contributed by atoms with Crippen molar-refractivity contribution in [1.29, 1.82) is 0 Å². The van der Waals surface area contributed by atoms with Crippen LogP contribution in [0.1, 0.15) is 120 Å². The summed E-state index contributed by atoms with van der Waals surface area (Å²) in [4.78, 5) is 61.1. The van der Waals surface area contributed by atoms with Crippen LogP contribution in [0.5, 0.6) is 46.4 Å². The van der Waals surface area contributed by atoms with Gasteiger partial charge < -0.3 is 58.3 Å². The van der Waals surface area contributed by atoms with Gasteiger partial charge in [0.05, 0.1) is 57.0 Å². The normalized spacial score (nSPS) is 16.2. The van der Waals surface area contributed by atoms with Crippen molar-refractivity contribution in [1.82, 2.24) is 40.0 Å². The summed E-state index contributed by atoms with van der Waals surface area (Å²) in [6, 6.07) is 59.4. The molecule has 19 heteroatoms. The minimum absolute atomic E-state index is 0.0195. The summed E-state index contributed by atoms with van der Waals surface area (Å²) >= 11 is 0. The van der Waals surface area contributed by atoms with E-state index in [0.717, 1.165) is 77.4 Å². The third-order valence-electron chi connectivity index (χ3n) is 18.3. The number of rotatable bonds is 16. The van der Waals surface area contributed by atoms with Gasteiger partial charge in [0.1, 0.15) is 48.6 Å². The summed E-state index contributed by atoms with van der Waals surface area (Å²) in [6.07, 6.45) is 9.84. The van der Waals surface area contributed by atoms with Crippen molar-refractivity contribution in [2.24, 2.45) is 0 Å². The Morgan fingerprint density at radius 3 is 1.17 bits per heavy atom. The lowest BCUT2D eigenvalue weighted by atomic mass is 9.94. The molecule has 3 amide bonds. The maximum Gasteiger partial charge on any atom is 0.255 e. The Labute approximate surface area is 590 Å². The Balaban J connectivity index is 0.000000138. The highest BCUT2D eigenvalue weighted by atomic mass is 16.5. The maximum absolute atomic E-state index is 13.1. The molecule has 6 aromatic carbocycles. The monoisotopic (exact) mass is 1360 g/mol. The van der Waals surface area contributed by atoms with Crippen molar-refractivity contribution in [3.05, 3.63) is 285 Å². The number of nitrogens with zero attached hydrogens (tertiary/aromatic N) is 7. The number of carbonyl (C=O) groups excluding carboxylic acids is 3. The van der Waals surface area contributed by atoms with E-state index < -0.39 is 0 Å². The molecular formula is C82H86N8O11. The molecule has 0 spiro atoms. The zero-order chi connectivity index (χ0) is 70.8. The second-order valence-electron chi connectivity index (χ2n) is 25.5. The number of phenolic OH excluding ortho intramolecular Hbond substituents is 1. The number of nitrogens with one attached hydrogen (secondary N) is 1. The molecule has 4 aromatic heterocycles. The zero-order valence-corrected chi connectivity index (χ0v) is 58.4. The van der Waals surface area contributed by atoms with Gasteiger partial charge in [0.2, 0.25) is 17.6 Å². The topological polar surface area (TPSA) is 209 Å². The molecule has 2 N–H and O–H groups in total. The number of aromatic nitrogens is 4. The van der Waals surface area contributed by atoms with Crippen LogP contribution in [0.4, 0.5) is 0 Å². The van der Waals surface area contributed by atoms with E-state index in [1.807, 2.05) is 107 Å². The van der Waals surface area contributed by atoms with E-state index in [2.05, 4.69) is 94.6 Å². The number of ether oxygens (including phenoxy) is 7. The number of aromatic hydroxyl groups is 1. The SMILES string of the molecule is CC1Cc2ccc(OCc3ccccc3)cc2CN1.COc1ccc(C(=O)N2Cc3cc(O)ccc3CC2C)cn1.COc1ccc(C(=O)N2Cc3cc(OCc4ccccc4)ccc3CC2C)cn1.COc1ccc(COc2ccc3c(c2)CN(C(=O)c2ccc(OC)nc2)C(C)C3)nc1. The number of hydrogen-bond donors (Lipinski definition) is 2. The number of methoxy groups -OCH3 is 4. The first-order valence-corrected chi connectivity index (χ1v) is 33.9. The first-order chi connectivity index (χ1) is 49.1. The van der Waals surface area contributed by atoms with E-state index in [1.54, 1.807) is 95.6 Å².